The molecule has 1 aliphatic heterocycles. The van der Waals surface area contributed by atoms with Crippen LogP contribution in [0.1, 0.15) is 25.1 Å². The van der Waals surface area contributed by atoms with Crippen molar-refractivity contribution in [1.29, 1.82) is 0 Å². The summed E-state index contributed by atoms with van der Waals surface area (Å²) in [5.74, 6) is 0. The van der Waals surface area contributed by atoms with Gasteiger partial charge in [-0.25, -0.2) is 4.39 Å². The van der Waals surface area contributed by atoms with Crippen LogP contribution in [-0.4, -0.2) is 19.1 Å². The van der Waals surface area contributed by atoms with Gasteiger partial charge in [0.05, 0.1) is 0 Å². The van der Waals surface area contributed by atoms with Crippen molar-refractivity contribution in [1.82, 2.24) is 5.32 Å². The van der Waals surface area contributed by atoms with Crippen molar-refractivity contribution in [2.45, 2.75) is 25.6 Å². The van der Waals surface area contributed by atoms with Crippen molar-refractivity contribution in [2.24, 2.45) is 0 Å². The maximum atomic E-state index is 13.1. The summed E-state index contributed by atoms with van der Waals surface area (Å²) in [4.78, 5) is 0. The summed E-state index contributed by atoms with van der Waals surface area (Å²) < 4.78 is 14.0. The van der Waals surface area contributed by atoms with Crippen LogP contribution < -0.4 is 10.6 Å². The molecule has 2 unspecified atom stereocenters. The molecule has 0 radical (unpaired) electrons. The second-order valence-corrected chi connectivity index (χ2v) is 5.04. The Labute approximate surface area is 104 Å². The fourth-order valence-electron chi connectivity index (χ4n) is 1.89. The van der Waals surface area contributed by atoms with Crippen LogP contribution in [0.3, 0.4) is 0 Å². The summed E-state index contributed by atoms with van der Waals surface area (Å²) in [5, 5.41) is 6.75. The van der Waals surface area contributed by atoms with Crippen molar-refractivity contribution in [2.75, 3.05) is 18.4 Å². The van der Waals surface area contributed by atoms with Crippen molar-refractivity contribution in [3.8, 4) is 0 Å². The molecule has 0 bridgehead atoms. The van der Waals surface area contributed by atoms with E-state index in [1.54, 1.807) is 6.92 Å². The van der Waals surface area contributed by atoms with Crippen LogP contribution in [0.2, 0.25) is 0 Å². The second-order valence-electron chi connectivity index (χ2n) is 4.19. The summed E-state index contributed by atoms with van der Waals surface area (Å²) in [6.07, 6.45) is 0.215. The van der Waals surface area contributed by atoms with E-state index >= 15 is 0 Å². The summed E-state index contributed by atoms with van der Waals surface area (Å²) in [6, 6.07) is 6.09. The highest BCUT2D eigenvalue weighted by atomic mass is 79.9. The molecule has 88 valence electrons. The van der Waals surface area contributed by atoms with Crippen LogP contribution in [-0.2, 0) is 0 Å². The number of benzene rings is 1. The molecule has 2 atom stereocenters. The zero-order valence-corrected chi connectivity index (χ0v) is 10.8. The number of alkyl halides is 1. The van der Waals surface area contributed by atoms with Gasteiger partial charge in [-0.3, -0.25) is 0 Å². The Morgan fingerprint density at radius 2 is 2.38 bits per heavy atom. The number of halogens is 2. The second kappa shape index (κ2) is 5.15. The van der Waals surface area contributed by atoms with Crippen LogP contribution in [0, 0.1) is 0 Å². The van der Waals surface area contributed by atoms with E-state index in [4.69, 9.17) is 0 Å². The molecule has 1 fully saturated rings. The monoisotopic (exact) mass is 286 g/mol. The number of hydrogen-bond donors (Lipinski definition) is 2. The van der Waals surface area contributed by atoms with Gasteiger partial charge in [-0.2, -0.15) is 0 Å². The predicted molar refractivity (Wildman–Crippen MR) is 68.6 cm³/mol. The van der Waals surface area contributed by atoms with E-state index in [2.05, 4.69) is 26.6 Å². The molecule has 1 heterocycles. The van der Waals surface area contributed by atoms with Gasteiger partial charge in [0.25, 0.3) is 0 Å². The largest absolute Gasteiger partial charge is 0.380 e. The fraction of sp³-hybridized carbons (Fsp3) is 0.500. The van der Waals surface area contributed by atoms with E-state index < -0.39 is 6.17 Å². The van der Waals surface area contributed by atoms with Crippen LogP contribution in [0.15, 0.2) is 22.7 Å². The smallest absolute Gasteiger partial charge is 0.122 e. The van der Waals surface area contributed by atoms with Gasteiger partial charge in [-0.15, -0.1) is 0 Å². The third kappa shape index (κ3) is 2.74. The van der Waals surface area contributed by atoms with E-state index in [9.17, 15) is 4.39 Å². The Kier molecular flexibility index (Phi) is 3.82. The molecule has 2 nitrogen and oxygen atoms in total. The summed E-state index contributed by atoms with van der Waals surface area (Å²) in [7, 11) is 0. The van der Waals surface area contributed by atoms with E-state index in [-0.39, 0.29) is 0 Å². The fourth-order valence-corrected chi connectivity index (χ4v) is 2.40. The Hall–Kier alpha value is -0.610. The summed E-state index contributed by atoms with van der Waals surface area (Å²) >= 11 is 3.47. The third-order valence-corrected chi connectivity index (χ3v) is 3.53. The molecule has 0 aromatic heterocycles. The minimum absolute atomic E-state index is 0.477. The molecule has 1 aromatic rings. The average molecular weight is 287 g/mol. The Balaban J connectivity index is 2.09. The van der Waals surface area contributed by atoms with Crippen molar-refractivity contribution in [3.05, 3.63) is 28.2 Å². The van der Waals surface area contributed by atoms with Crippen molar-refractivity contribution < 1.29 is 4.39 Å². The van der Waals surface area contributed by atoms with Crippen LogP contribution in [0.5, 0.6) is 0 Å². The van der Waals surface area contributed by atoms with Gasteiger partial charge in [0, 0.05) is 22.7 Å². The number of rotatable bonds is 3. The van der Waals surface area contributed by atoms with Crippen LogP contribution >= 0.6 is 15.9 Å². The van der Waals surface area contributed by atoms with E-state index in [1.165, 1.54) is 0 Å². The first-order valence-electron chi connectivity index (χ1n) is 5.57. The SMILES string of the molecule is CC(F)c1ccc(NC2CCNC2)c(Br)c1. The zero-order chi connectivity index (χ0) is 11.5. The quantitative estimate of drug-likeness (QED) is 0.891. The molecule has 0 spiro atoms. The molecular weight excluding hydrogens is 271 g/mol. The molecule has 4 heteroatoms. The molecule has 1 aromatic carbocycles. The van der Waals surface area contributed by atoms with E-state index in [0.29, 0.717) is 11.6 Å². The van der Waals surface area contributed by atoms with Gasteiger partial charge in [0.15, 0.2) is 0 Å². The van der Waals surface area contributed by atoms with E-state index in [0.717, 1.165) is 29.7 Å². The Morgan fingerprint density at radius 3 is 2.94 bits per heavy atom. The Bertz CT molecular complexity index is 362. The maximum absolute atomic E-state index is 13.1. The highest BCUT2D eigenvalue weighted by molar-refractivity contribution is 9.10. The first-order valence-corrected chi connectivity index (χ1v) is 6.37. The molecule has 1 saturated heterocycles. The summed E-state index contributed by atoms with van der Waals surface area (Å²) in [5.41, 5.74) is 1.75. The van der Waals surface area contributed by atoms with Gasteiger partial charge < -0.3 is 10.6 Å². The van der Waals surface area contributed by atoms with E-state index in [1.807, 2.05) is 18.2 Å². The number of nitrogens with one attached hydrogen (secondary N) is 2. The molecule has 2 rings (SSSR count). The van der Waals surface area contributed by atoms with Crippen LogP contribution in [0.25, 0.3) is 0 Å². The lowest BCUT2D eigenvalue weighted by Crippen LogP contribution is -2.22. The van der Waals surface area contributed by atoms with Gasteiger partial charge in [0.1, 0.15) is 6.17 Å². The molecule has 0 amide bonds. The van der Waals surface area contributed by atoms with Gasteiger partial charge in [-0.05, 0) is 53.5 Å². The van der Waals surface area contributed by atoms with Gasteiger partial charge in [0.2, 0.25) is 0 Å². The summed E-state index contributed by atoms with van der Waals surface area (Å²) in [6.45, 7) is 3.61. The standard InChI is InChI=1S/C12H16BrFN2/c1-8(14)9-2-3-12(11(13)6-9)16-10-4-5-15-7-10/h2-3,6,8,10,15-16H,4-5,7H2,1H3. The topological polar surface area (TPSA) is 24.1 Å². The average Bonchev–Trinajstić information content (AvgIpc) is 2.73. The first-order chi connectivity index (χ1) is 7.66. The Morgan fingerprint density at radius 1 is 1.56 bits per heavy atom. The molecule has 1 aliphatic rings. The lowest BCUT2D eigenvalue weighted by Gasteiger charge is -2.15. The maximum Gasteiger partial charge on any atom is 0.122 e. The minimum Gasteiger partial charge on any atom is -0.380 e. The molecular formula is C12H16BrFN2. The number of hydrogen-bond acceptors (Lipinski definition) is 2. The van der Waals surface area contributed by atoms with Crippen molar-refractivity contribution >= 4 is 21.6 Å². The molecule has 16 heavy (non-hydrogen) atoms. The lowest BCUT2D eigenvalue weighted by molar-refractivity contribution is 0.374. The number of anilines is 1. The van der Waals surface area contributed by atoms with Gasteiger partial charge in [-0.1, -0.05) is 6.07 Å². The minimum atomic E-state index is -0.918. The third-order valence-electron chi connectivity index (χ3n) is 2.87. The first kappa shape index (κ1) is 11.9. The van der Waals surface area contributed by atoms with Crippen LogP contribution in [0.4, 0.5) is 10.1 Å². The molecule has 0 aliphatic carbocycles. The van der Waals surface area contributed by atoms with Crippen molar-refractivity contribution in [3.63, 3.8) is 0 Å². The molecule has 2 N–H and O–H groups in total. The highest BCUT2D eigenvalue weighted by Crippen LogP contribution is 2.28. The molecule has 0 saturated carbocycles. The highest BCUT2D eigenvalue weighted by Gasteiger charge is 2.15. The van der Waals surface area contributed by atoms with Gasteiger partial charge >= 0.3 is 0 Å². The zero-order valence-electron chi connectivity index (χ0n) is 9.26. The predicted octanol–water partition coefficient (Wildman–Crippen LogP) is 3.25. The lowest BCUT2D eigenvalue weighted by atomic mass is 10.1. The normalized spacial score (nSPS) is 22.1.